The van der Waals surface area contributed by atoms with Crippen LogP contribution in [-0.2, 0) is 16.1 Å². The molecule has 1 aliphatic rings. The van der Waals surface area contributed by atoms with Gasteiger partial charge in [0.25, 0.3) is 11.8 Å². The average molecular weight is 245 g/mol. The number of methoxy groups -OCH3 is 1. The Morgan fingerprint density at radius 2 is 1.83 bits per heavy atom. The van der Waals surface area contributed by atoms with Gasteiger partial charge in [-0.1, -0.05) is 19.1 Å². The number of carbonyl (C=O) groups excluding carboxylic acids is 2. The third kappa shape index (κ3) is 2.27. The summed E-state index contributed by atoms with van der Waals surface area (Å²) in [7, 11) is 1.60. The van der Waals surface area contributed by atoms with Crippen molar-refractivity contribution in [1.82, 2.24) is 4.90 Å². The highest BCUT2D eigenvalue weighted by atomic mass is 16.5. The van der Waals surface area contributed by atoms with Crippen LogP contribution in [0.4, 0.5) is 0 Å². The lowest BCUT2D eigenvalue weighted by atomic mass is 10.2. The molecule has 0 fully saturated rings. The first-order valence-electron chi connectivity index (χ1n) is 5.85. The van der Waals surface area contributed by atoms with Gasteiger partial charge >= 0.3 is 0 Å². The molecule has 0 saturated carbocycles. The Morgan fingerprint density at radius 1 is 1.17 bits per heavy atom. The lowest BCUT2D eigenvalue weighted by molar-refractivity contribution is -0.137. The number of rotatable bonds is 4. The largest absolute Gasteiger partial charge is 0.497 e. The van der Waals surface area contributed by atoms with Gasteiger partial charge in [-0.25, -0.2) is 0 Å². The first kappa shape index (κ1) is 12.4. The molecule has 2 amide bonds. The lowest BCUT2D eigenvalue weighted by Crippen LogP contribution is -2.30. The van der Waals surface area contributed by atoms with Crippen LogP contribution in [0.15, 0.2) is 35.9 Å². The molecule has 0 spiro atoms. The first-order chi connectivity index (χ1) is 8.65. The van der Waals surface area contributed by atoms with Gasteiger partial charge < -0.3 is 4.74 Å². The van der Waals surface area contributed by atoms with Crippen LogP contribution in [-0.4, -0.2) is 23.8 Å². The summed E-state index contributed by atoms with van der Waals surface area (Å²) in [6.07, 6.45) is 2.01. The maximum absolute atomic E-state index is 11.9. The van der Waals surface area contributed by atoms with Gasteiger partial charge in [-0.3, -0.25) is 14.5 Å². The van der Waals surface area contributed by atoms with E-state index < -0.39 is 0 Å². The summed E-state index contributed by atoms with van der Waals surface area (Å²) in [6, 6.07) is 7.33. The Bertz CT molecular complexity index is 502. The van der Waals surface area contributed by atoms with E-state index in [2.05, 4.69) is 0 Å². The molecule has 1 aromatic rings. The van der Waals surface area contributed by atoms with Crippen molar-refractivity contribution < 1.29 is 14.3 Å². The molecule has 0 aromatic heterocycles. The normalized spacial score (nSPS) is 15.0. The van der Waals surface area contributed by atoms with Crippen LogP contribution >= 0.6 is 0 Å². The van der Waals surface area contributed by atoms with Crippen molar-refractivity contribution in [2.45, 2.75) is 19.9 Å². The molecule has 1 aliphatic heterocycles. The molecule has 0 radical (unpaired) electrons. The molecule has 1 aromatic carbocycles. The van der Waals surface area contributed by atoms with E-state index in [-0.39, 0.29) is 11.8 Å². The van der Waals surface area contributed by atoms with Crippen LogP contribution in [0.1, 0.15) is 18.9 Å². The zero-order valence-electron chi connectivity index (χ0n) is 10.5. The SMILES string of the molecule is CCC1=CC(=O)N(Cc2ccc(OC)cc2)C1=O. The molecule has 0 aliphatic carbocycles. The van der Waals surface area contributed by atoms with Crippen LogP contribution in [0.3, 0.4) is 0 Å². The van der Waals surface area contributed by atoms with Crippen LogP contribution in [0.25, 0.3) is 0 Å². The molecule has 0 atom stereocenters. The van der Waals surface area contributed by atoms with Gasteiger partial charge in [-0.15, -0.1) is 0 Å². The zero-order valence-corrected chi connectivity index (χ0v) is 10.5. The van der Waals surface area contributed by atoms with Crippen LogP contribution < -0.4 is 4.74 Å². The van der Waals surface area contributed by atoms with E-state index in [4.69, 9.17) is 4.74 Å². The van der Waals surface area contributed by atoms with Crippen molar-refractivity contribution >= 4 is 11.8 Å². The van der Waals surface area contributed by atoms with Crippen molar-refractivity contribution in [3.8, 4) is 5.75 Å². The van der Waals surface area contributed by atoms with E-state index in [1.54, 1.807) is 7.11 Å². The van der Waals surface area contributed by atoms with Gasteiger partial charge in [-0.2, -0.15) is 0 Å². The summed E-state index contributed by atoms with van der Waals surface area (Å²) < 4.78 is 5.06. The Morgan fingerprint density at radius 3 is 2.33 bits per heavy atom. The van der Waals surface area contributed by atoms with E-state index in [1.165, 1.54) is 11.0 Å². The number of hydrogen-bond acceptors (Lipinski definition) is 3. The van der Waals surface area contributed by atoms with Crippen molar-refractivity contribution in [1.29, 1.82) is 0 Å². The van der Waals surface area contributed by atoms with Gasteiger partial charge in [0, 0.05) is 11.6 Å². The maximum Gasteiger partial charge on any atom is 0.257 e. The topological polar surface area (TPSA) is 46.6 Å². The minimum Gasteiger partial charge on any atom is -0.497 e. The second kappa shape index (κ2) is 5.04. The number of ether oxygens (including phenoxy) is 1. The van der Waals surface area contributed by atoms with E-state index in [1.807, 2.05) is 31.2 Å². The molecule has 0 bridgehead atoms. The highest BCUT2D eigenvalue weighted by Gasteiger charge is 2.29. The van der Waals surface area contributed by atoms with Crippen LogP contribution in [0, 0.1) is 0 Å². The van der Waals surface area contributed by atoms with Gasteiger partial charge in [-0.05, 0) is 24.1 Å². The fourth-order valence-electron chi connectivity index (χ4n) is 1.88. The number of hydrogen-bond donors (Lipinski definition) is 0. The number of amides is 2. The Hall–Kier alpha value is -2.10. The minimum atomic E-state index is -0.229. The van der Waals surface area contributed by atoms with E-state index >= 15 is 0 Å². The zero-order chi connectivity index (χ0) is 13.1. The Labute approximate surface area is 106 Å². The summed E-state index contributed by atoms with van der Waals surface area (Å²) in [5, 5.41) is 0. The summed E-state index contributed by atoms with van der Waals surface area (Å²) in [5.41, 5.74) is 1.48. The molecule has 4 nitrogen and oxygen atoms in total. The van der Waals surface area contributed by atoms with E-state index in [9.17, 15) is 9.59 Å². The first-order valence-corrected chi connectivity index (χ1v) is 5.85. The quantitative estimate of drug-likeness (QED) is 0.761. The molecule has 94 valence electrons. The fraction of sp³-hybridized carbons (Fsp3) is 0.286. The highest BCUT2D eigenvalue weighted by Crippen LogP contribution is 2.19. The monoisotopic (exact) mass is 245 g/mol. The minimum absolute atomic E-state index is 0.182. The highest BCUT2D eigenvalue weighted by molar-refractivity contribution is 6.16. The van der Waals surface area contributed by atoms with E-state index in [0.29, 0.717) is 18.5 Å². The van der Waals surface area contributed by atoms with Gasteiger partial charge in [0.2, 0.25) is 0 Å². The Balaban J connectivity index is 2.10. The van der Waals surface area contributed by atoms with Crippen molar-refractivity contribution in [2.24, 2.45) is 0 Å². The lowest BCUT2D eigenvalue weighted by Gasteiger charge is -2.14. The van der Waals surface area contributed by atoms with Crippen molar-refractivity contribution in [3.05, 3.63) is 41.5 Å². The van der Waals surface area contributed by atoms with Crippen molar-refractivity contribution in [2.75, 3.05) is 7.11 Å². The van der Waals surface area contributed by atoms with Crippen LogP contribution in [0.2, 0.25) is 0 Å². The number of nitrogens with zero attached hydrogens (tertiary/aromatic N) is 1. The van der Waals surface area contributed by atoms with Crippen LogP contribution in [0.5, 0.6) is 5.75 Å². The van der Waals surface area contributed by atoms with Gasteiger partial charge in [0.05, 0.1) is 13.7 Å². The summed E-state index contributed by atoms with van der Waals surface area (Å²) in [4.78, 5) is 24.8. The third-order valence-electron chi connectivity index (χ3n) is 2.96. The molecule has 1 heterocycles. The number of benzene rings is 1. The molecule has 18 heavy (non-hydrogen) atoms. The van der Waals surface area contributed by atoms with E-state index in [0.717, 1.165) is 11.3 Å². The molecule has 0 N–H and O–H groups in total. The summed E-state index contributed by atoms with van der Waals surface area (Å²) >= 11 is 0. The molecule has 4 heteroatoms. The fourth-order valence-corrected chi connectivity index (χ4v) is 1.88. The predicted molar refractivity (Wildman–Crippen MR) is 66.9 cm³/mol. The van der Waals surface area contributed by atoms with Gasteiger partial charge in [0.1, 0.15) is 5.75 Å². The standard InChI is InChI=1S/C14H15NO3/c1-3-11-8-13(16)15(14(11)17)9-10-4-6-12(18-2)7-5-10/h4-8H,3,9H2,1-2H3. The molecular weight excluding hydrogens is 230 g/mol. The Kier molecular flexibility index (Phi) is 3.46. The maximum atomic E-state index is 11.9. The summed E-state index contributed by atoms with van der Waals surface area (Å²) in [5.74, 6) is 0.344. The number of imide groups is 1. The van der Waals surface area contributed by atoms with Gasteiger partial charge in [0.15, 0.2) is 0 Å². The second-order valence-corrected chi connectivity index (χ2v) is 4.10. The average Bonchev–Trinajstić information content (AvgIpc) is 2.67. The smallest absolute Gasteiger partial charge is 0.257 e. The molecular formula is C14H15NO3. The molecule has 2 rings (SSSR count). The molecule has 0 saturated heterocycles. The third-order valence-corrected chi connectivity index (χ3v) is 2.96. The predicted octanol–water partition coefficient (Wildman–Crippen LogP) is 1.90. The number of carbonyl (C=O) groups is 2. The molecule has 0 unspecified atom stereocenters. The van der Waals surface area contributed by atoms with Crippen molar-refractivity contribution in [3.63, 3.8) is 0 Å². The second-order valence-electron chi connectivity index (χ2n) is 4.10. The summed E-state index contributed by atoms with van der Waals surface area (Å²) in [6.45, 7) is 2.18.